The molecule has 0 unspecified atom stereocenters. The van der Waals surface area contributed by atoms with Crippen molar-refractivity contribution in [3.63, 3.8) is 0 Å². The summed E-state index contributed by atoms with van der Waals surface area (Å²) in [6.07, 6.45) is -4.59. The van der Waals surface area contributed by atoms with E-state index in [1.54, 1.807) is 29.4 Å². The minimum absolute atomic E-state index is 0.0665. The average molecular weight is 327 g/mol. The Kier molecular flexibility index (Phi) is 3.51. The van der Waals surface area contributed by atoms with Crippen molar-refractivity contribution in [2.24, 2.45) is 0 Å². The first-order valence-electron chi connectivity index (χ1n) is 6.40. The van der Waals surface area contributed by atoms with Crippen molar-refractivity contribution < 1.29 is 13.2 Å². The van der Waals surface area contributed by atoms with Crippen LogP contribution >= 0.6 is 11.3 Å². The predicted molar refractivity (Wildman–Crippen MR) is 76.9 cm³/mol. The maximum Gasteiger partial charge on any atom is 0.453 e. The molecule has 3 rings (SSSR count). The fraction of sp³-hybridized carbons (Fsp3) is 0.308. The molecule has 3 aromatic rings. The van der Waals surface area contributed by atoms with Crippen LogP contribution in [0, 0.1) is 6.92 Å². The van der Waals surface area contributed by atoms with Gasteiger partial charge in [-0.3, -0.25) is 0 Å². The molecule has 0 fully saturated rings. The number of anilines is 1. The molecule has 0 aromatic carbocycles. The highest BCUT2D eigenvalue weighted by molar-refractivity contribution is 7.10. The number of nitrogens with zero attached hydrogens (tertiary/aromatic N) is 5. The summed E-state index contributed by atoms with van der Waals surface area (Å²) in [7, 11) is 1.78. The Hall–Kier alpha value is -2.16. The van der Waals surface area contributed by atoms with E-state index >= 15 is 0 Å². The number of aryl methyl sites for hydroxylation is 1. The van der Waals surface area contributed by atoms with Gasteiger partial charge in [-0.15, -0.1) is 26.6 Å². The molecule has 0 atom stereocenters. The van der Waals surface area contributed by atoms with Gasteiger partial charge in [0, 0.05) is 11.9 Å². The molecule has 0 aliphatic heterocycles. The molecule has 0 radical (unpaired) electrons. The van der Waals surface area contributed by atoms with Crippen LogP contribution in [0.15, 0.2) is 23.6 Å². The molecule has 9 heteroatoms. The van der Waals surface area contributed by atoms with Crippen LogP contribution in [0.2, 0.25) is 0 Å². The SMILES string of the molecule is Cc1ccsc1CN(C)c1ccc2nnc(C(F)(F)F)n2n1. The van der Waals surface area contributed by atoms with Crippen molar-refractivity contribution in [1.82, 2.24) is 19.8 Å². The summed E-state index contributed by atoms with van der Waals surface area (Å²) in [4.78, 5) is 2.93. The van der Waals surface area contributed by atoms with Gasteiger partial charge < -0.3 is 4.90 Å². The molecule has 0 saturated carbocycles. The van der Waals surface area contributed by atoms with E-state index in [9.17, 15) is 13.2 Å². The lowest BCUT2D eigenvalue weighted by Gasteiger charge is -2.18. The van der Waals surface area contributed by atoms with Gasteiger partial charge in [0.1, 0.15) is 5.82 Å². The Bertz CT molecular complexity index is 807. The molecule has 116 valence electrons. The van der Waals surface area contributed by atoms with E-state index in [2.05, 4.69) is 15.3 Å². The number of fused-ring (bicyclic) bond motifs is 1. The molecule has 22 heavy (non-hydrogen) atoms. The number of hydrogen-bond donors (Lipinski definition) is 0. The molecule has 5 nitrogen and oxygen atoms in total. The number of halogens is 3. The summed E-state index contributed by atoms with van der Waals surface area (Å²) in [5, 5.41) is 12.7. The van der Waals surface area contributed by atoms with Gasteiger partial charge in [-0.2, -0.15) is 17.7 Å². The third-order valence-corrected chi connectivity index (χ3v) is 4.25. The van der Waals surface area contributed by atoms with E-state index in [0.29, 0.717) is 12.4 Å². The smallest absolute Gasteiger partial charge is 0.353 e. The highest BCUT2D eigenvalue weighted by atomic mass is 32.1. The van der Waals surface area contributed by atoms with E-state index in [4.69, 9.17) is 0 Å². The first-order valence-corrected chi connectivity index (χ1v) is 7.28. The lowest BCUT2D eigenvalue weighted by Crippen LogP contribution is -2.20. The lowest BCUT2D eigenvalue weighted by atomic mass is 10.3. The first kappa shape index (κ1) is 14.8. The molecule has 3 heterocycles. The minimum Gasteiger partial charge on any atom is -0.353 e. The second kappa shape index (κ2) is 5.24. The van der Waals surface area contributed by atoms with Crippen molar-refractivity contribution in [2.75, 3.05) is 11.9 Å². The zero-order chi connectivity index (χ0) is 15.9. The van der Waals surface area contributed by atoms with Crippen LogP contribution in [0.25, 0.3) is 5.65 Å². The average Bonchev–Trinajstić information content (AvgIpc) is 3.04. The van der Waals surface area contributed by atoms with Crippen LogP contribution in [0.5, 0.6) is 0 Å². The van der Waals surface area contributed by atoms with E-state index in [1.165, 1.54) is 6.07 Å². The molecule has 3 aromatic heterocycles. The number of hydrogen-bond acceptors (Lipinski definition) is 5. The highest BCUT2D eigenvalue weighted by Gasteiger charge is 2.37. The van der Waals surface area contributed by atoms with Crippen molar-refractivity contribution in [3.05, 3.63) is 39.8 Å². The number of thiophene rings is 1. The van der Waals surface area contributed by atoms with Crippen LogP contribution in [0.1, 0.15) is 16.3 Å². The maximum absolute atomic E-state index is 12.9. The summed E-state index contributed by atoms with van der Waals surface area (Å²) in [6, 6.07) is 5.11. The highest BCUT2D eigenvalue weighted by Crippen LogP contribution is 2.28. The fourth-order valence-corrected chi connectivity index (χ4v) is 2.98. The normalized spacial score (nSPS) is 12.0. The summed E-state index contributed by atoms with van der Waals surface area (Å²) < 4.78 is 39.3. The summed E-state index contributed by atoms with van der Waals surface area (Å²) in [5.74, 6) is -0.698. The molecule has 0 bridgehead atoms. The van der Waals surface area contributed by atoms with Gasteiger partial charge in [0.15, 0.2) is 5.65 Å². The van der Waals surface area contributed by atoms with Crippen LogP contribution < -0.4 is 4.90 Å². The molecule has 0 aliphatic rings. The van der Waals surface area contributed by atoms with Crippen molar-refractivity contribution in [1.29, 1.82) is 0 Å². The van der Waals surface area contributed by atoms with Crippen molar-refractivity contribution in [3.8, 4) is 0 Å². The van der Waals surface area contributed by atoms with Crippen molar-refractivity contribution in [2.45, 2.75) is 19.6 Å². The standard InChI is InChI=1S/C13H12F3N5S/c1-8-5-6-22-9(8)7-20(2)11-4-3-10-17-18-12(13(14,15)16)21(10)19-11/h3-6H,7H2,1-2H3. The number of aromatic nitrogens is 4. The Morgan fingerprint density at radius 1 is 1.23 bits per heavy atom. The van der Waals surface area contributed by atoms with Gasteiger partial charge >= 0.3 is 6.18 Å². The molecule has 0 spiro atoms. The topological polar surface area (TPSA) is 46.3 Å². The molecule has 0 amide bonds. The Morgan fingerprint density at radius 3 is 2.64 bits per heavy atom. The molecular formula is C13H12F3N5S. The largest absolute Gasteiger partial charge is 0.453 e. The predicted octanol–water partition coefficient (Wildman–Crippen LogP) is 3.15. The fourth-order valence-electron chi connectivity index (χ4n) is 2.02. The molecule has 0 saturated heterocycles. The van der Waals surface area contributed by atoms with Gasteiger partial charge in [-0.25, -0.2) is 0 Å². The first-order chi connectivity index (χ1) is 10.4. The summed E-state index contributed by atoms with van der Waals surface area (Å²) in [6.45, 7) is 2.57. The van der Waals surface area contributed by atoms with Gasteiger partial charge in [0.2, 0.25) is 0 Å². The van der Waals surface area contributed by atoms with E-state index in [0.717, 1.165) is 15.0 Å². The maximum atomic E-state index is 12.9. The monoisotopic (exact) mass is 327 g/mol. The van der Waals surface area contributed by atoms with Gasteiger partial charge in [-0.1, -0.05) is 0 Å². The number of alkyl halides is 3. The minimum atomic E-state index is -4.59. The Morgan fingerprint density at radius 2 is 2.00 bits per heavy atom. The van der Waals surface area contributed by atoms with Crippen LogP contribution in [0.4, 0.5) is 19.0 Å². The molecule has 0 N–H and O–H groups in total. The molecular weight excluding hydrogens is 315 g/mol. The van der Waals surface area contributed by atoms with Gasteiger partial charge in [0.05, 0.1) is 6.54 Å². The van der Waals surface area contributed by atoms with Crippen LogP contribution in [0.3, 0.4) is 0 Å². The van der Waals surface area contributed by atoms with E-state index < -0.39 is 12.0 Å². The zero-order valence-electron chi connectivity index (χ0n) is 11.8. The summed E-state index contributed by atoms with van der Waals surface area (Å²) in [5.41, 5.74) is 1.22. The number of rotatable bonds is 3. The third kappa shape index (κ3) is 2.63. The van der Waals surface area contributed by atoms with E-state index in [-0.39, 0.29) is 5.65 Å². The van der Waals surface area contributed by atoms with Crippen LogP contribution in [-0.2, 0) is 12.7 Å². The Labute approximate surface area is 128 Å². The summed E-state index contributed by atoms with van der Waals surface area (Å²) >= 11 is 1.60. The van der Waals surface area contributed by atoms with Crippen molar-refractivity contribution >= 4 is 22.8 Å². The zero-order valence-corrected chi connectivity index (χ0v) is 12.6. The van der Waals surface area contributed by atoms with Crippen LogP contribution in [-0.4, -0.2) is 26.9 Å². The second-order valence-corrected chi connectivity index (χ2v) is 5.87. The van der Waals surface area contributed by atoms with Gasteiger partial charge in [0.25, 0.3) is 5.82 Å². The Balaban J connectivity index is 1.95. The lowest BCUT2D eigenvalue weighted by molar-refractivity contribution is -0.146. The second-order valence-electron chi connectivity index (χ2n) is 4.87. The molecule has 0 aliphatic carbocycles. The third-order valence-electron chi connectivity index (χ3n) is 3.24. The van der Waals surface area contributed by atoms with Gasteiger partial charge in [-0.05, 0) is 36.1 Å². The quantitative estimate of drug-likeness (QED) is 0.741. The van der Waals surface area contributed by atoms with E-state index in [1.807, 2.05) is 18.4 Å².